The normalized spacial score (nSPS) is 19.3. The Bertz CT molecular complexity index is 4530. The maximum absolute atomic E-state index is 2.85. The lowest BCUT2D eigenvalue weighted by molar-refractivity contribution is 0.195. The Labute approximate surface area is 538 Å². The van der Waals surface area contributed by atoms with Crippen molar-refractivity contribution < 1.29 is 0 Å². The lowest BCUT2D eigenvalue weighted by Crippen LogP contribution is -2.62. The summed E-state index contributed by atoms with van der Waals surface area (Å²) in [7, 11) is 0. The first-order valence-corrected chi connectivity index (χ1v) is 33.4. The molecular formula is C86H88BN3. The van der Waals surface area contributed by atoms with E-state index in [1.807, 2.05) is 0 Å². The number of hydrogen-bond donors (Lipinski definition) is 0. The second kappa shape index (κ2) is 20.1. The summed E-state index contributed by atoms with van der Waals surface area (Å²) in [5, 5.41) is 0. The zero-order valence-electron chi connectivity index (χ0n) is 56.0. The molecule has 3 nitrogen and oxygen atoms in total. The van der Waals surface area contributed by atoms with Gasteiger partial charge in [0.05, 0.1) is 16.9 Å². The highest BCUT2D eigenvalue weighted by Gasteiger charge is 2.59. The molecule has 15 rings (SSSR count). The molecule has 0 spiro atoms. The minimum absolute atomic E-state index is 0.0811. The smallest absolute Gasteiger partial charge is 0.252 e. The fourth-order valence-electron chi connectivity index (χ4n) is 17.1. The molecule has 0 amide bonds. The van der Waals surface area contributed by atoms with Gasteiger partial charge in [-0.25, -0.2) is 0 Å². The van der Waals surface area contributed by atoms with Crippen molar-refractivity contribution >= 4 is 68.6 Å². The van der Waals surface area contributed by atoms with Crippen LogP contribution in [-0.2, 0) is 32.5 Å². The minimum Gasteiger partial charge on any atom is -0.334 e. The highest BCUT2D eigenvalue weighted by molar-refractivity contribution is 7.00. The van der Waals surface area contributed by atoms with Gasteiger partial charge in [0.2, 0.25) is 0 Å². The summed E-state index contributed by atoms with van der Waals surface area (Å²) in [6, 6.07) is 83.4. The summed E-state index contributed by atoms with van der Waals surface area (Å²) in [4.78, 5) is 8.35. The largest absolute Gasteiger partial charge is 0.334 e. The van der Waals surface area contributed by atoms with Gasteiger partial charge in [-0.1, -0.05) is 261 Å². The van der Waals surface area contributed by atoms with Gasteiger partial charge in [0.1, 0.15) is 0 Å². The molecule has 1 saturated carbocycles. The first-order chi connectivity index (χ1) is 42.8. The van der Waals surface area contributed by atoms with Crippen molar-refractivity contribution in [2.75, 3.05) is 14.7 Å². The third-order valence-electron chi connectivity index (χ3n) is 22.5. The highest BCUT2D eigenvalue weighted by atomic mass is 15.3. The molecule has 2 unspecified atom stereocenters. The van der Waals surface area contributed by atoms with E-state index in [0.29, 0.717) is 0 Å². The minimum atomic E-state index is -0.290. The number of anilines is 8. The maximum Gasteiger partial charge on any atom is 0.252 e. The predicted molar refractivity (Wildman–Crippen MR) is 386 cm³/mol. The Kier molecular flexibility index (Phi) is 13.0. The van der Waals surface area contributed by atoms with Crippen molar-refractivity contribution in [3.8, 4) is 33.4 Å². The van der Waals surface area contributed by atoms with E-state index >= 15 is 0 Å². The van der Waals surface area contributed by atoms with E-state index in [4.69, 9.17) is 0 Å². The second-order valence-corrected chi connectivity index (χ2v) is 31.7. The predicted octanol–water partition coefficient (Wildman–Crippen LogP) is 21.4. The Morgan fingerprint density at radius 3 is 1.30 bits per heavy atom. The molecule has 4 heteroatoms. The third kappa shape index (κ3) is 8.65. The summed E-state index contributed by atoms with van der Waals surface area (Å²) in [5.41, 5.74) is 31.1. The zero-order valence-corrected chi connectivity index (χ0v) is 56.0. The summed E-state index contributed by atoms with van der Waals surface area (Å²) in [5.74, 6) is 0. The summed E-state index contributed by atoms with van der Waals surface area (Å²) >= 11 is 0. The molecule has 3 aliphatic heterocycles. The number of benzene rings is 10. The topological polar surface area (TPSA) is 9.72 Å². The van der Waals surface area contributed by atoms with Crippen LogP contribution in [0.2, 0.25) is 0 Å². The van der Waals surface area contributed by atoms with Gasteiger partial charge in [0, 0.05) is 61.5 Å². The van der Waals surface area contributed by atoms with Crippen LogP contribution in [0.4, 0.5) is 45.5 Å². The van der Waals surface area contributed by atoms with Crippen molar-refractivity contribution in [3.63, 3.8) is 0 Å². The van der Waals surface area contributed by atoms with Gasteiger partial charge >= 0.3 is 0 Å². The molecule has 0 aromatic heterocycles. The van der Waals surface area contributed by atoms with E-state index in [1.54, 1.807) is 0 Å². The third-order valence-corrected chi connectivity index (χ3v) is 22.5. The van der Waals surface area contributed by atoms with Crippen LogP contribution in [0.1, 0.15) is 174 Å². The molecule has 10 aromatic carbocycles. The lowest BCUT2D eigenvalue weighted by Gasteiger charge is -2.51. The molecule has 0 radical (unpaired) electrons. The number of rotatable bonds is 6. The molecule has 90 heavy (non-hydrogen) atoms. The van der Waals surface area contributed by atoms with Crippen LogP contribution in [-0.4, -0.2) is 12.3 Å². The average molecular weight is 1170 g/mol. The molecule has 5 aliphatic rings. The van der Waals surface area contributed by atoms with Crippen LogP contribution >= 0.6 is 0 Å². The van der Waals surface area contributed by atoms with Gasteiger partial charge in [-0.05, 0) is 180 Å². The molecule has 2 atom stereocenters. The highest BCUT2D eigenvalue weighted by Crippen LogP contribution is 2.63. The molecule has 0 bridgehead atoms. The first-order valence-electron chi connectivity index (χ1n) is 33.4. The van der Waals surface area contributed by atoms with E-state index in [0.717, 1.165) is 12.8 Å². The van der Waals surface area contributed by atoms with E-state index in [1.165, 1.54) is 153 Å². The van der Waals surface area contributed by atoms with Crippen molar-refractivity contribution in [2.24, 2.45) is 0 Å². The Morgan fingerprint density at radius 1 is 0.333 bits per heavy atom. The first kappa shape index (κ1) is 58.1. The maximum atomic E-state index is 2.85. The molecule has 450 valence electrons. The quantitative estimate of drug-likeness (QED) is 0.154. The van der Waals surface area contributed by atoms with Gasteiger partial charge in [-0.3, -0.25) is 0 Å². The van der Waals surface area contributed by atoms with Gasteiger partial charge < -0.3 is 14.7 Å². The Morgan fingerprint density at radius 2 is 0.778 bits per heavy atom. The van der Waals surface area contributed by atoms with Crippen LogP contribution in [0, 0.1) is 0 Å². The molecule has 10 aromatic rings. The molecule has 0 N–H and O–H groups in total. The van der Waals surface area contributed by atoms with Crippen LogP contribution in [0.25, 0.3) is 33.4 Å². The van der Waals surface area contributed by atoms with Crippen molar-refractivity contribution in [3.05, 3.63) is 257 Å². The Balaban J connectivity index is 1.12. The fraction of sp³-hybridized carbons (Fsp3) is 0.302. The fourth-order valence-corrected chi connectivity index (χ4v) is 17.1. The van der Waals surface area contributed by atoms with Crippen molar-refractivity contribution in [2.45, 2.75) is 168 Å². The van der Waals surface area contributed by atoms with Crippen molar-refractivity contribution in [1.82, 2.24) is 0 Å². The average Bonchev–Trinajstić information content (AvgIpc) is 0.916. The molecular weight excluding hydrogens is 1090 g/mol. The summed E-state index contributed by atoms with van der Waals surface area (Å²) < 4.78 is 0. The number of hydrogen-bond acceptors (Lipinski definition) is 3. The van der Waals surface area contributed by atoms with Gasteiger partial charge in [0.25, 0.3) is 6.71 Å². The SMILES string of the molecule is CC(C)(C)c1ccc(N2c3cc(C(C)(C)C)ccc3B3c4cc5c(cc4N(c4ccc(C(C)(C)C)cc4-c4ccccc4)c4cc(N6c7ccc(-c8ccccc8)cc7C7(C)CCCCC67C)cc2c43)C(C)(C)c2ccccc2C5(C)C)c(-c2ccccc2)c1. The van der Waals surface area contributed by atoms with Gasteiger partial charge in [-0.15, -0.1) is 0 Å². The van der Waals surface area contributed by atoms with E-state index in [-0.39, 0.29) is 44.7 Å². The van der Waals surface area contributed by atoms with Crippen LogP contribution in [0.15, 0.2) is 212 Å². The summed E-state index contributed by atoms with van der Waals surface area (Å²) in [6.07, 6.45) is 4.59. The van der Waals surface area contributed by atoms with Gasteiger partial charge in [-0.2, -0.15) is 0 Å². The monoisotopic (exact) mass is 1170 g/mol. The zero-order chi connectivity index (χ0) is 62.8. The second-order valence-electron chi connectivity index (χ2n) is 31.7. The summed E-state index contributed by atoms with van der Waals surface area (Å²) in [6.45, 7) is 36.3. The molecule has 1 fully saturated rings. The lowest BCUT2D eigenvalue weighted by atomic mass is 9.33. The van der Waals surface area contributed by atoms with Crippen LogP contribution in [0.3, 0.4) is 0 Å². The van der Waals surface area contributed by atoms with E-state index < -0.39 is 0 Å². The number of nitrogens with zero attached hydrogens (tertiary/aromatic N) is 3. The van der Waals surface area contributed by atoms with Crippen LogP contribution in [0.5, 0.6) is 0 Å². The standard InChI is InChI=1S/C86H88BN3/c1-80(2,3)59-39-43-72(63(48-59)56-31-21-17-22-32-56)88-75-50-61(82(7,8)9)38-41-70(75)87-71-53-67-68(84(12,13)66-36-26-25-35-65(66)83(67,10)11)54-76(71)89(73-44-40-60(81(4,5)6)49-64(73)57-33-23-18-24-34-57)78-52-62(51-77(88)79(78)87)90-74-42-37-58(55-29-19-16-20-30-55)47-69(74)85(14)45-27-28-46-86(85,90)15/h16-26,29-44,47-54H,27-28,45-46H2,1-15H3. The Hall–Kier alpha value is -8.34. The number of fused-ring (bicyclic) bond motifs is 9. The van der Waals surface area contributed by atoms with Gasteiger partial charge in [0.15, 0.2) is 0 Å². The molecule has 3 heterocycles. The molecule has 0 saturated heterocycles. The van der Waals surface area contributed by atoms with E-state index in [9.17, 15) is 0 Å². The van der Waals surface area contributed by atoms with Crippen molar-refractivity contribution in [1.29, 1.82) is 0 Å². The van der Waals surface area contributed by atoms with E-state index in [2.05, 4.69) is 331 Å². The molecule has 2 aliphatic carbocycles. The van der Waals surface area contributed by atoms with Crippen LogP contribution < -0.4 is 31.1 Å².